The number of carbonyl (C=O) groups excluding carboxylic acids is 2. The molecule has 5 nitrogen and oxygen atoms in total. The van der Waals surface area contributed by atoms with Crippen molar-refractivity contribution in [1.29, 1.82) is 0 Å². The standard InChI is InChI=1S/C20H18FN3O2S/c21-15-4-2-1-3-12(15)10-18-19(25)23-16-9-13(5-6-17(16)27-18)20(26)24-8-7-14(22)11-24/h1-6,9-10,14H,7-8,11,22H2,(H,23,25)/b18-10-. The Hall–Kier alpha value is -2.64. The lowest BCUT2D eigenvalue weighted by Gasteiger charge is -2.21. The van der Waals surface area contributed by atoms with E-state index in [4.69, 9.17) is 5.73 Å². The SMILES string of the molecule is NC1CCN(C(=O)c2ccc3c(c2)NC(=O)/C(=C/c2ccccc2F)S3)C1. The number of hydrogen-bond acceptors (Lipinski definition) is 4. The average molecular weight is 383 g/mol. The van der Waals surface area contributed by atoms with Gasteiger partial charge in [-0.05, 0) is 36.8 Å². The highest BCUT2D eigenvalue weighted by molar-refractivity contribution is 8.04. The minimum Gasteiger partial charge on any atom is -0.337 e. The Morgan fingerprint density at radius 1 is 1.30 bits per heavy atom. The maximum Gasteiger partial charge on any atom is 0.262 e. The van der Waals surface area contributed by atoms with E-state index in [9.17, 15) is 14.0 Å². The number of benzene rings is 2. The summed E-state index contributed by atoms with van der Waals surface area (Å²) in [5, 5.41) is 2.80. The fourth-order valence-corrected chi connectivity index (χ4v) is 4.10. The first-order valence-electron chi connectivity index (χ1n) is 8.65. The van der Waals surface area contributed by atoms with Crippen LogP contribution in [-0.4, -0.2) is 35.8 Å². The second-order valence-corrected chi connectivity index (χ2v) is 7.68. The summed E-state index contributed by atoms with van der Waals surface area (Å²) >= 11 is 1.26. The Bertz CT molecular complexity index is 960. The van der Waals surface area contributed by atoms with Crippen LogP contribution in [0.5, 0.6) is 0 Å². The molecule has 138 valence electrons. The molecule has 7 heteroatoms. The first kappa shape index (κ1) is 17.8. The molecule has 2 aliphatic heterocycles. The Morgan fingerprint density at radius 3 is 2.85 bits per heavy atom. The minimum absolute atomic E-state index is 0.0212. The summed E-state index contributed by atoms with van der Waals surface area (Å²) < 4.78 is 13.8. The van der Waals surface area contributed by atoms with Gasteiger partial charge in [-0.1, -0.05) is 30.0 Å². The number of thioether (sulfide) groups is 1. The van der Waals surface area contributed by atoms with Crippen molar-refractivity contribution in [1.82, 2.24) is 4.90 Å². The molecule has 3 N–H and O–H groups in total. The average Bonchev–Trinajstić information content (AvgIpc) is 3.09. The summed E-state index contributed by atoms with van der Waals surface area (Å²) in [6, 6.07) is 11.6. The number of hydrogen-bond donors (Lipinski definition) is 2. The van der Waals surface area contributed by atoms with Crippen molar-refractivity contribution in [2.24, 2.45) is 5.73 Å². The van der Waals surface area contributed by atoms with Crippen molar-refractivity contribution in [3.05, 3.63) is 64.3 Å². The van der Waals surface area contributed by atoms with E-state index in [0.29, 0.717) is 34.8 Å². The van der Waals surface area contributed by atoms with Gasteiger partial charge in [0.15, 0.2) is 0 Å². The lowest BCUT2D eigenvalue weighted by Crippen LogP contribution is -2.32. The summed E-state index contributed by atoms with van der Waals surface area (Å²) in [6.45, 7) is 1.19. The third kappa shape index (κ3) is 3.61. The topological polar surface area (TPSA) is 75.4 Å². The van der Waals surface area contributed by atoms with Crippen LogP contribution in [-0.2, 0) is 4.79 Å². The third-order valence-corrected chi connectivity index (χ3v) is 5.72. The van der Waals surface area contributed by atoms with Crippen LogP contribution in [0, 0.1) is 5.82 Å². The van der Waals surface area contributed by atoms with Gasteiger partial charge >= 0.3 is 0 Å². The van der Waals surface area contributed by atoms with E-state index in [1.165, 1.54) is 23.9 Å². The Kier molecular flexibility index (Phi) is 4.72. The van der Waals surface area contributed by atoms with Crippen LogP contribution < -0.4 is 11.1 Å². The fraction of sp³-hybridized carbons (Fsp3) is 0.200. The van der Waals surface area contributed by atoms with E-state index < -0.39 is 0 Å². The number of amides is 2. The molecule has 2 amide bonds. The fourth-order valence-electron chi connectivity index (χ4n) is 3.18. The summed E-state index contributed by atoms with van der Waals surface area (Å²) in [4.78, 5) is 28.0. The molecule has 0 saturated carbocycles. The van der Waals surface area contributed by atoms with Gasteiger partial charge in [0.2, 0.25) is 0 Å². The number of fused-ring (bicyclic) bond motifs is 1. The van der Waals surface area contributed by atoms with Crippen LogP contribution >= 0.6 is 11.8 Å². The van der Waals surface area contributed by atoms with Gasteiger partial charge in [-0.25, -0.2) is 4.39 Å². The van der Waals surface area contributed by atoms with Crippen molar-refractivity contribution in [2.45, 2.75) is 17.4 Å². The van der Waals surface area contributed by atoms with Crippen molar-refractivity contribution in [3.63, 3.8) is 0 Å². The first-order valence-corrected chi connectivity index (χ1v) is 9.47. The Labute approximate surface area is 160 Å². The predicted molar refractivity (Wildman–Crippen MR) is 104 cm³/mol. The van der Waals surface area contributed by atoms with E-state index in [0.717, 1.165) is 11.3 Å². The largest absolute Gasteiger partial charge is 0.337 e. The highest BCUT2D eigenvalue weighted by Crippen LogP contribution is 2.39. The van der Waals surface area contributed by atoms with Crippen LogP contribution in [0.3, 0.4) is 0 Å². The molecule has 1 saturated heterocycles. The van der Waals surface area contributed by atoms with Crippen LogP contribution in [0.25, 0.3) is 6.08 Å². The van der Waals surface area contributed by atoms with Crippen molar-refractivity contribution in [2.75, 3.05) is 18.4 Å². The predicted octanol–water partition coefficient (Wildman–Crippen LogP) is 3.08. The smallest absolute Gasteiger partial charge is 0.262 e. The maximum atomic E-state index is 13.8. The molecule has 2 aromatic carbocycles. The number of anilines is 1. The summed E-state index contributed by atoms with van der Waals surface area (Å²) in [5.41, 5.74) is 7.34. The number of likely N-dealkylation sites (tertiary alicyclic amines) is 1. The lowest BCUT2D eigenvalue weighted by atomic mass is 10.1. The van der Waals surface area contributed by atoms with Gasteiger partial charge in [0, 0.05) is 35.2 Å². The molecule has 0 radical (unpaired) electrons. The van der Waals surface area contributed by atoms with E-state index in [1.807, 2.05) is 0 Å². The van der Waals surface area contributed by atoms with Gasteiger partial charge in [0.05, 0.1) is 10.6 Å². The van der Waals surface area contributed by atoms with Gasteiger partial charge in [0.1, 0.15) is 5.82 Å². The minimum atomic E-state index is -0.381. The van der Waals surface area contributed by atoms with Gasteiger partial charge in [-0.3, -0.25) is 9.59 Å². The van der Waals surface area contributed by atoms with E-state index >= 15 is 0 Å². The van der Waals surface area contributed by atoms with Gasteiger partial charge in [-0.15, -0.1) is 0 Å². The zero-order valence-corrected chi connectivity index (χ0v) is 15.3. The van der Waals surface area contributed by atoms with Crippen molar-refractivity contribution >= 4 is 35.3 Å². The van der Waals surface area contributed by atoms with Crippen LogP contribution in [0.15, 0.2) is 52.3 Å². The van der Waals surface area contributed by atoms with Gasteiger partial charge in [0.25, 0.3) is 11.8 Å². The monoisotopic (exact) mass is 383 g/mol. The zero-order valence-electron chi connectivity index (χ0n) is 14.4. The van der Waals surface area contributed by atoms with Gasteiger partial charge in [-0.2, -0.15) is 0 Å². The highest BCUT2D eigenvalue weighted by atomic mass is 32.2. The quantitative estimate of drug-likeness (QED) is 0.782. The van der Waals surface area contributed by atoms with E-state index in [1.54, 1.807) is 41.3 Å². The third-order valence-electron chi connectivity index (χ3n) is 4.62. The molecule has 2 aromatic rings. The normalized spacial score (nSPS) is 20.5. The van der Waals surface area contributed by atoms with Gasteiger partial charge < -0.3 is 16.0 Å². The molecule has 2 aliphatic rings. The first-order chi connectivity index (χ1) is 13.0. The van der Waals surface area contributed by atoms with E-state index in [2.05, 4.69) is 5.32 Å². The number of nitrogens with one attached hydrogen (secondary N) is 1. The molecule has 0 bridgehead atoms. The summed E-state index contributed by atoms with van der Waals surface area (Å²) in [6.07, 6.45) is 2.33. The molecule has 2 heterocycles. The number of carbonyl (C=O) groups is 2. The number of rotatable bonds is 2. The molecular weight excluding hydrogens is 365 g/mol. The zero-order chi connectivity index (χ0) is 19.0. The molecule has 4 rings (SSSR count). The van der Waals surface area contributed by atoms with Crippen LogP contribution in [0.2, 0.25) is 0 Å². The number of nitrogens with two attached hydrogens (primary N) is 1. The Morgan fingerprint density at radius 2 is 2.11 bits per heavy atom. The summed E-state index contributed by atoms with van der Waals surface area (Å²) in [7, 11) is 0. The van der Waals surface area contributed by atoms with E-state index in [-0.39, 0.29) is 23.7 Å². The molecule has 1 atom stereocenters. The van der Waals surface area contributed by atoms with Crippen molar-refractivity contribution in [3.8, 4) is 0 Å². The van der Waals surface area contributed by atoms with Crippen LogP contribution in [0.1, 0.15) is 22.3 Å². The van der Waals surface area contributed by atoms with Crippen LogP contribution in [0.4, 0.5) is 10.1 Å². The highest BCUT2D eigenvalue weighted by Gasteiger charge is 2.27. The number of halogens is 1. The second kappa shape index (κ2) is 7.17. The summed E-state index contributed by atoms with van der Waals surface area (Å²) in [5.74, 6) is -0.782. The molecule has 1 unspecified atom stereocenters. The molecular formula is C20H18FN3O2S. The molecule has 0 aliphatic carbocycles. The van der Waals surface area contributed by atoms with Crippen molar-refractivity contribution < 1.29 is 14.0 Å². The molecule has 0 aromatic heterocycles. The Balaban J connectivity index is 1.58. The second-order valence-electron chi connectivity index (χ2n) is 6.60. The molecule has 0 spiro atoms. The molecule has 27 heavy (non-hydrogen) atoms. The number of nitrogens with zero attached hydrogens (tertiary/aromatic N) is 1. The molecule has 1 fully saturated rings. The lowest BCUT2D eigenvalue weighted by molar-refractivity contribution is -0.112. The maximum absolute atomic E-state index is 13.8.